The molecule has 1 aromatic carbocycles. The minimum absolute atomic E-state index is 0.113. The van der Waals surface area contributed by atoms with E-state index in [9.17, 15) is 13.2 Å². The molecule has 0 N–H and O–H groups in total. The maximum Gasteiger partial charge on any atom is 0.573 e. The fraction of sp³-hybridized carbons (Fsp3) is 0.647. The van der Waals surface area contributed by atoms with Gasteiger partial charge in [-0.3, -0.25) is 0 Å². The van der Waals surface area contributed by atoms with E-state index in [-0.39, 0.29) is 18.3 Å². The van der Waals surface area contributed by atoms with E-state index in [0.29, 0.717) is 17.6 Å². The normalized spacial score (nSPS) is 18.9. The topological polar surface area (TPSA) is 46.2 Å². The van der Waals surface area contributed by atoms with Gasteiger partial charge in [0.25, 0.3) is 0 Å². The Bertz CT molecular complexity index is 630. The first-order chi connectivity index (χ1) is 11.9. The number of alkyl halides is 3. The van der Waals surface area contributed by atoms with Gasteiger partial charge in [-0.2, -0.15) is 0 Å². The van der Waals surface area contributed by atoms with Gasteiger partial charge in [-0.25, -0.2) is 0 Å². The Kier molecular flexibility index (Phi) is 5.85. The van der Waals surface area contributed by atoms with Crippen LogP contribution >= 0.6 is 0 Å². The lowest BCUT2D eigenvalue weighted by Crippen LogP contribution is -2.41. The van der Waals surface area contributed by atoms with Gasteiger partial charge < -0.3 is 23.5 Å². The number of halogens is 3. The minimum atomic E-state index is -4.80. The highest BCUT2D eigenvalue weighted by Gasteiger charge is 2.53. The molecule has 0 saturated carbocycles. The zero-order valence-corrected chi connectivity index (χ0v) is 15.8. The second-order valence-corrected chi connectivity index (χ2v) is 7.04. The Morgan fingerprint density at radius 2 is 1.65 bits per heavy atom. The zero-order chi connectivity index (χ0) is 19.8. The van der Waals surface area contributed by atoms with Gasteiger partial charge in [-0.05, 0) is 53.2 Å². The van der Waals surface area contributed by atoms with Gasteiger partial charge >= 0.3 is 13.5 Å². The molecule has 1 aliphatic rings. The van der Waals surface area contributed by atoms with E-state index in [0.717, 1.165) is 0 Å². The Balaban J connectivity index is 2.40. The standard InChI is InChI=1S/C17H24BF3O5/c1-7-22-10-23-13-9-12(24-17(19,20)21)8-11(2)14(13)18-25-15(3,4)16(5,6)26-18/h8-9H,7,10H2,1-6H3. The summed E-state index contributed by atoms with van der Waals surface area (Å²) in [5.41, 5.74) is -0.181. The van der Waals surface area contributed by atoms with Crippen molar-refractivity contribution in [3.05, 3.63) is 17.7 Å². The summed E-state index contributed by atoms with van der Waals surface area (Å²) in [6.07, 6.45) is -4.80. The summed E-state index contributed by atoms with van der Waals surface area (Å²) in [7, 11) is -0.781. The zero-order valence-electron chi connectivity index (χ0n) is 15.8. The first kappa shape index (κ1) is 20.9. The lowest BCUT2D eigenvalue weighted by atomic mass is 9.75. The van der Waals surface area contributed by atoms with Crippen LogP contribution in [0, 0.1) is 6.92 Å². The molecule has 0 unspecified atom stereocenters. The van der Waals surface area contributed by atoms with Crippen LogP contribution in [-0.4, -0.2) is 38.1 Å². The maximum atomic E-state index is 12.6. The molecule has 1 aromatic rings. The van der Waals surface area contributed by atoms with Gasteiger partial charge in [0.2, 0.25) is 0 Å². The molecule has 26 heavy (non-hydrogen) atoms. The third-order valence-electron chi connectivity index (χ3n) is 4.55. The van der Waals surface area contributed by atoms with E-state index in [2.05, 4.69) is 4.74 Å². The molecule has 1 saturated heterocycles. The molecular formula is C17H24BF3O5. The van der Waals surface area contributed by atoms with E-state index in [1.54, 1.807) is 13.8 Å². The lowest BCUT2D eigenvalue weighted by molar-refractivity contribution is -0.274. The largest absolute Gasteiger partial charge is 0.573 e. The summed E-state index contributed by atoms with van der Waals surface area (Å²) in [6.45, 7) is 11.3. The van der Waals surface area contributed by atoms with Gasteiger partial charge in [0, 0.05) is 18.1 Å². The Hall–Kier alpha value is -1.45. The van der Waals surface area contributed by atoms with Crippen LogP contribution in [0.15, 0.2) is 12.1 Å². The minimum Gasteiger partial charge on any atom is -0.468 e. The molecule has 1 aliphatic heterocycles. The first-order valence-electron chi connectivity index (χ1n) is 8.33. The molecule has 146 valence electrons. The molecule has 0 radical (unpaired) electrons. The van der Waals surface area contributed by atoms with E-state index in [4.69, 9.17) is 18.8 Å². The van der Waals surface area contributed by atoms with Crippen LogP contribution in [0.2, 0.25) is 0 Å². The fourth-order valence-electron chi connectivity index (χ4n) is 2.50. The van der Waals surface area contributed by atoms with Gasteiger partial charge in [0.1, 0.15) is 11.5 Å². The average molecular weight is 376 g/mol. The highest BCUT2D eigenvalue weighted by molar-refractivity contribution is 6.63. The molecular weight excluding hydrogens is 352 g/mol. The average Bonchev–Trinajstić information content (AvgIpc) is 2.64. The smallest absolute Gasteiger partial charge is 0.468 e. The highest BCUT2D eigenvalue weighted by atomic mass is 19.4. The highest BCUT2D eigenvalue weighted by Crippen LogP contribution is 2.38. The van der Waals surface area contributed by atoms with Crippen molar-refractivity contribution in [2.24, 2.45) is 0 Å². The molecule has 1 heterocycles. The predicted molar refractivity (Wildman–Crippen MR) is 90.7 cm³/mol. The molecule has 0 aliphatic carbocycles. The van der Waals surface area contributed by atoms with Crippen LogP contribution in [0.25, 0.3) is 0 Å². The summed E-state index contributed by atoms with van der Waals surface area (Å²) in [4.78, 5) is 0. The number of benzene rings is 1. The number of aryl methyl sites for hydroxylation is 1. The molecule has 2 rings (SSSR count). The van der Waals surface area contributed by atoms with Crippen LogP contribution in [0.3, 0.4) is 0 Å². The second-order valence-electron chi connectivity index (χ2n) is 7.04. The molecule has 9 heteroatoms. The van der Waals surface area contributed by atoms with Gasteiger partial charge in [0.15, 0.2) is 6.79 Å². The summed E-state index contributed by atoms with van der Waals surface area (Å²) < 4.78 is 64.5. The third kappa shape index (κ3) is 4.63. The molecule has 0 atom stereocenters. The summed E-state index contributed by atoms with van der Waals surface area (Å²) in [5, 5.41) is 0. The van der Waals surface area contributed by atoms with Gasteiger partial charge in [0.05, 0.1) is 11.2 Å². The molecule has 0 bridgehead atoms. The Labute approximate surface area is 151 Å². The van der Waals surface area contributed by atoms with Crippen molar-refractivity contribution in [3.8, 4) is 11.5 Å². The Morgan fingerprint density at radius 1 is 1.08 bits per heavy atom. The summed E-state index contributed by atoms with van der Waals surface area (Å²) >= 11 is 0. The monoisotopic (exact) mass is 376 g/mol. The predicted octanol–water partition coefficient (Wildman–Crippen LogP) is 3.57. The van der Waals surface area contributed by atoms with Crippen LogP contribution < -0.4 is 14.9 Å². The van der Waals surface area contributed by atoms with Crippen molar-refractivity contribution in [1.82, 2.24) is 0 Å². The van der Waals surface area contributed by atoms with Crippen molar-refractivity contribution in [3.63, 3.8) is 0 Å². The first-order valence-corrected chi connectivity index (χ1v) is 8.33. The van der Waals surface area contributed by atoms with Gasteiger partial charge in [-0.1, -0.05) is 0 Å². The van der Waals surface area contributed by atoms with Crippen molar-refractivity contribution < 1.29 is 36.7 Å². The van der Waals surface area contributed by atoms with Crippen molar-refractivity contribution in [2.45, 2.75) is 59.1 Å². The van der Waals surface area contributed by atoms with E-state index in [1.807, 2.05) is 27.7 Å². The SMILES string of the molecule is CCOCOc1cc(OC(F)(F)F)cc(C)c1B1OC(C)(C)C(C)(C)O1. The molecule has 0 spiro atoms. The van der Waals surface area contributed by atoms with E-state index < -0.39 is 24.7 Å². The molecule has 5 nitrogen and oxygen atoms in total. The van der Waals surface area contributed by atoms with E-state index >= 15 is 0 Å². The maximum absolute atomic E-state index is 12.6. The summed E-state index contributed by atoms with van der Waals surface area (Å²) in [5.74, 6) is -0.210. The van der Waals surface area contributed by atoms with Crippen LogP contribution in [0.4, 0.5) is 13.2 Å². The molecule has 1 fully saturated rings. The van der Waals surface area contributed by atoms with Crippen molar-refractivity contribution >= 4 is 12.6 Å². The second kappa shape index (κ2) is 7.29. The molecule has 0 aromatic heterocycles. The fourth-order valence-corrected chi connectivity index (χ4v) is 2.50. The lowest BCUT2D eigenvalue weighted by Gasteiger charge is -2.32. The van der Waals surface area contributed by atoms with Crippen LogP contribution in [-0.2, 0) is 14.0 Å². The van der Waals surface area contributed by atoms with E-state index in [1.165, 1.54) is 12.1 Å². The number of rotatable bonds is 6. The van der Waals surface area contributed by atoms with Gasteiger partial charge in [-0.15, -0.1) is 13.2 Å². The van der Waals surface area contributed by atoms with Crippen molar-refractivity contribution in [2.75, 3.05) is 13.4 Å². The quantitative estimate of drug-likeness (QED) is 0.432. The number of ether oxygens (including phenoxy) is 3. The number of hydrogen-bond donors (Lipinski definition) is 0. The van der Waals surface area contributed by atoms with Crippen LogP contribution in [0.5, 0.6) is 11.5 Å². The summed E-state index contributed by atoms with van der Waals surface area (Å²) in [6, 6.07) is 2.45. The third-order valence-corrected chi connectivity index (χ3v) is 4.55. The number of hydrogen-bond acceptors (Lipinski definition) is 5. The van der Waals surface area contributed by atoms with Crippen LogP contribution in [0.1, 0.15) is 40.2 Å². The molecule has 0 amide bonds. The van der Waals surface area contributed by atoms with Crippen molar-refractivity contribution in [1.29, 1.82) is 0 Å². The Morgan fingerprint density at radius 3 is 2.15 bits per heavy atom.